The third-order valence-corrected chi connectivity index (χ3v) is 5.25. The molecule has 6 nitrogen and oxygen atoms in total. The van der Waals surface area contributed by atoms with Crippen LogP contribution in [-0.4, -0.2) is 28.1 Å². The fourth-order valence-electron chi connectivity index (χ4n) is 3.43. The van der Waals surface area contributed by atoms with Crippen molar-refractivity contribution in [2.45, 2.75) is 39.6 Å². The molecule has 1 amide bonds. The quantitative estimate of drug-likeness (QED) is 0.445. The Kier molecular flexibility index (Phi) is 6.77. The van der Waals surface area contributed by atoms with Crippen LogP contribution < -0.4 is 10.1 Å². The molecule has 0 aliphatic carbocycles. The molecule has 9 heteroatoms. The number of rotatable bonds is 6. The third-order valence-electron chi connectivity index (χ3n) is 5.25. The Hall–Kier alpha value is -3.75. The fourth-order valence-corrected chi connectivity index (χ4v) is 3.43. The van der Waals surface area contributed by atoms with Crippen LogP contribution in [0.25, 0.3) is 10.8 Å². The topological polar surface area (TPSA) is 95.9 Å². The summed E-state index contributed by atoms with van der Waals surface area (Å²) < 4.78 is 44.4. The first-order valence-electron chi connectivity index (χ1n) is 10.4. The second kappa shape index (κ2) is 9.24. The molecule has 0 aliphatic rings. The number of carbonyl (C=O) groups excluding carboxylic acids is 1. The molecule has 0 fully saturated rings. The normalized spacial score (nSPS) is 12.9. The smallest absolute Gasteiger partial charge is 0.416 e. The molecule has 0 aromatic heterocycles. The van der Waals surface area contributed by atoms with Crippen molar-refractivity contribution in [2.75, 3.05) is 0 Å². The Balaban J connectivity index is 1.97. The van der Waals surface area contributed by atoms with Crippen LogP contribution in [0.2, 0.25) is 0 Å². The fraction of sp³-hybridized carbons (Fsp3) is 0.280. The maximum absolute atomic E-state index is 13.1. The highest BCUT2D eigenvalue weighted by atomic mass is 19.4. The molecule has 34 heavy (non-hydrogen) atoms. The minimum atomic E-state index is -4.46. The number of carboxylic acid groups (broad SMARTS) is 1. The molecule has 0 saturated heterocycles. The largest absolute Gasteiger partial charge is 0.508 e. The van der Waals surface area contributed by atoms with Gasteiger partial charge in [-0.05, 0) is 52.8 Å². The molecular weight excluding hydrogens is 451 g/mol. The minimum Gasteiger partial charge on any atom is -0.508 e. The van der Waals surface area contributed by atoms with Gasteiger partial charge in [0.05, 0.1) is 11.1 Å². The number of hydrogen-bond donors (Lipinski definition) is 3. The van der Waals surface area contributed by atoms with Gasteiger partial charge in [0, 0.05) is 5.39 Å². The first-order chi connectivity index (χ1) is 15.8. The molecule has 0 unspecified atom stereocenters. The van der Waals surface area contributed by atoms with E-state index < -0.39 is 35.1 Å². The first kappa shape index (κ1) is 24.9. The van der Waals surface area contributed by atoms with Gasteiger partial charge in [0.15, 0.2) is 0 Å². The summed E-state index contributed by atoms with van der Waals surface area (Å²) in [5, 5.41) is 22.9. The lowest BCUT2D eigenvalue weighted by molar-refractivity contribution is -0.142. The van der Waals surface area contributed by atoms with E-state index in [0.29, 0.717) is 16.3 Å². The first-order valence-corrected chi connectivity index (χ1v) is 10.4. The number of aliphatic carboxylic acids is 1. The number of phenolic OH excluding ortho intramolecular Hbond substituents is 1. The van der Waals surface area contributed by atoms with Gasteiger partial charge < -0.3 is 20.3 Å². The van der Waals surface area contributed by atoms with Gasteiger partial charge in [-0.2, -0.15) is 13.2 Å². The number of alkyl halides is 3. The summed E-state index contributed by atoms with van der Waals surface area (Å²) in [7, 11) is 0. The van der Waals surface area contributed by atoms with Crippen LogP contribution in [0.1, 0.15) is 42.3 Å². The van der Waals surface area contributed by atoms with Crippen LogP contribution in [0, 0.1) is 5.41 Å². The van der Waals surface area contributed by atoms with Crippen LogP contribution in [0.4, 0.5) is 13.2 Å². The molecule has 0 radical (unpaired) electrons. The maximum Gasteiger partial charge on any atom is 0.416 e. The number of amides is 1. The second-order valence-corrected chi connectivity index (χ2v) is 8.94. The second-order valence-electron chi connectivity index (χ2n) is 8.94. The Morgan fingerprint density at radius 1 is 1.00 bits per heavy atom. The zero-order valence-corrected chi connectivity index (χ0v) is 18.7. The number of carboxylic acids is 1. The van der Waals surface area contributed by atoms with E-state index in [2.05, 4.69) is 5.32 Å². The van der Waals surface area contributed by atoms with E-state index in [1.165, 1.54) is 30.3 Å². The maximum atomic E-state index is 13.1. The van der Waals surface area contributed by atoms with Gasteiger partial charge in [0.2, 0.25) is 0 Å². The minimum absolute atomic E-state index is 0.00272. The molecule has 0 spiro atoms. The Bertz CT molecular complexity index is 1210. The molecule has 3 N–H and O–H groups in total. The highest BCUT2D eigenvalue weighted by Crippen LogP contribution is 2.34. The zero-order chi connectivity index (χ0) is 25.3. The van der Waals surface area contributed by atoms with Gasteiger partial charge in [-0.3, -0.25) is 4.79 Å². The molecule has 0 heterocycles. The monoisotopic (exact) mass is 475 g/mol. The molecule has 1 atom stereocenters. The van der Waals surface area contributed by atoms with E-state index in [1.54, 1.807) is 32.9 Å². The number of aromatic hydroxyl groups is 1. The molecule has 3 aromatic rings. The summed E-state index contributed by atoms with van der Waals surface area (Å²) in [6, 6.07) is 10.7. The summed E-state index contributed by atoms with van der Waals surface area (Å²) >= 11 is 0. The summed E-state index contributed by atoms with van der Waals surface area (Å²) in [5.74, 6) is -1.76. The Morgan fingerprint density at radius 2 is 1.65 bits per heavy atom. The van der Waals surface area contributed by atoms with Crippen molar-refractivity contribution < 1.29 is 37.7 Å². The van der Waals surface area contributed by atoms with Crippen LogP contribution in [0.5, 0.6) is 11.5 Å². The summed E-state index contributed by atoms with van der Waals surface area (Å²) in [6.07, 6.45) is -4.46. The molecule has 0 saturated carbocycles. The van der Waals surface area contributed by atoms with E-state index in [9.17, 15) is 33.0 Å². The van der Waals surface area contributed by atoms with Gasteiger partial charge in [-0.15, -0.1) is 0 Å². The zero-order valence-electron chi connectivity index (χ0n) is 18.7. The number of ether oxygens (including phenoxy) is 1. The lowest BCUT2D eigenvalue weighted by atomic mass is 9.86. The number of carbonyl (C=O) groups is 2. The van der Waals surface area contributed by atoms with Gasteiger partial charge in [0.25, 0.3) is 5.91 Å². The van der Waals surface area contributed by atoms with E-state index in [1.807, 2.05) is 0 Å². The molecule has 3 aromatic carbocycles. The van der Waals surface area contributed by atoms with Crippen molar-refractivity contribution in [1.29, 1.82) is 0 Å². The SMILES string of the molecule is CC(C)(C)[C@H](NC(=O)c1ccc2cc(O)ccc2c1OCc1ccc(C(F)(F)F)cc1)C(=O)O. The van der Waals surface area contributed by atoms with Gasteiger partial charge in [-0.25, -0.2) is 4.79 Å². The number of hydrogen-bond acceptors (Lipinski definition) is 4. The lowest BCUT2D eigenvalue weighted by Crippen LogP contribution is -2.49. The molecule has 180 valence electrons. The van der Waals surface area contributed by atoms with E-state index in [4.69, 9.17) is 4.74 Å². The van der Waals surface area contributed by atoms with Crippen LogP contribution in [0.3, 0.4) is 0 Å². The highest BCUT2D eigenvalue weighted by molar-refractivity contribution is 6.05. The number of phenols is 1. The molecule has 0 bridgehead atoms. The summed E-state index contributed by atoms with van der Waals surface area (Å²) in [6.45, 7) is 4.89. The van der Waals surface area contributed by atoms with Crippen molar-refractivity contribution in [2.24, 2.45) is 5.41 Å². The van der Waals surface area contributed by atoms with Crippen molar-refractivity contribution in [3.63, 3.8) is 0 Å². The number of fused-ring (bicyclic) bond motifs is 1. The predicted molar refractivity (Wildman–Crippen MR) is 120 cm³/mol. The van der Waals surface area contributed by atoms with Crippen LogP contribution in [0.15, 0.2) is 54.6 Å². The third kappa shape index (κ3) is 5.59. The van der Waals surface area contributed by atoms with E-state index >= 15 is 0 Å². The standard InChI is InChI=1S/C25H24F3NO5/c1-24(2,3)21(23(32)33)29-22(31)19-10-6-15-12-17(30)9-11-18(15)20(19)34-13-14-4-7-16(8-5-14)25(26,27)28/h4-12,21,30H,13H2,1-3H3,(H,29,31)(H,32,33)/t21-/m1/s1. The number of halogens is 3. The average molecular weight is 475 g/mol. The van der Waals surface area contributed by atoms with Gasteiger partial charge in [0.1, 0.15) is 24.1 Å². The van der Waals surface area contributed by atoms with Gasteiger partial charge >= 0.3 is 12.1 Å². The Labute approximate surface area is 194 Å². The molecule has 3 rings (SSSR count). The lowest BCUT2D eigenvalue weighted by Gasteiger charge is -2.28. The van der Waals surface area contributed by atoms with Crippen molar-refractivity contribution >= 4 is 22.6 Å². The average Bonchev–Trinajstić information content (AvgIpc) is 2.74. The van der Waals surface area contributed by atoms with Crippen LogP contribution in [-0.2, 0) is 17.6 Å². The number of nitrogens with one attached hydrogen (secondary N) is 1. The number of benzene rings is 3. The van der Waals surface area contributed by atoms with Gasteiger partial charge in [-0.1, -0.05) is 39.0 Å². The molecule has 0 aliphatic heterocycles. The van der Waals surface area contributed by atoms with E-state index in [0.717, 1.165) is 12.1 Å². The van der Waals surface area contributed by atoms with E-state index in [-0.39, 0.29) is 23.7 Å². The van der Waals surface area contributed by atoms with Crippen LogP contribution >= 0.6 is 0 Å². The summed E-state index contributed by atoms with van der Waals surface area (Å²) in [5.41, 5.74) is -1.07. The van der Waals surface area contributed by atoms with Crippen molar-refractivity contribution in [3.05, 3.63) is 71.3 Å². The van der Waals surface area contributed by atoms with Crippen molar-refractivity contribution in [3.8, 4) is 11.5 Å². The molecular formula is C25H24F3NO5. The van der Waals surface area contributed by atoms with Crippen molar-refractivity contribution in [1.82, 2.24) is 5.32 Å². The Morgan fingerprint density at radius 3 is 2.21 bits per heavy atom. The summed E-state index contributed by atoms with van der Waals surface area (Å²) in [4.78, 5) is 24.8. The highest BCUT2D eigenvalue weighted by Gasteiger charge is 2.34. The predicted octanol–water partition coefficient (Wildman–Crippen LogP) is 5.37.